The number of nitrogen functional groups attached to an aromatic ring is 1. The van der Waals surface area contributed by atoms with Crippen LogP contribution in [0.15, 0.2) is 18.2 Å². The SMILES string of the molecule is Nc1nc(NC2CCN(S(=O)(=O)CCCNC3CCOC3=O)CC2)sc1C(=O)c1c(F)cccc1F. The van der Waals surface area contributed by atoms with Gasteiger partial charge in [-0.25, -0.2) is 26.5 Å². The molecule has 2 fully saturated rings. The normalized spacial score (nSPS) is 19.4. The van der Waals surface area contributed by atoms with Gasteiger partial charge in [0.05, 0.1) is 17.9 Å². The van der Waals surface area contributed by atoms with E-state index in [4.69, 9.17) is 10.5 Å². The number of thiazole rings is 1. The summed E-state index contributed by atoms with van der Waals surface area (Å²) in [6.45, 7) is 1.42. The first-order valence-corrected chi connectivity index (χ1v) is 14.0. The van der Waals surface area contributed by atoms with Crippen molar-refractivity contribution in [1.29, 1.82) is 0 Å². The van der Waals surface area contributed by atoms with E-state index >= 15 is 0 Å². The Bertz CT molecular complexity index is 1210. The summed E-state index contributed by atoms with van der Waals surface area (Å²) in [5.74, 6) is -3.30. The van der Waals surface area contributed by atoms with Crippen LogP contribution in [0.25, 0.3) is 0 Å². The van der Waals surface area contributed by atoms with Gasteiger partial charge < -0.3 is 21.1 Å². The van der Waals surface area contributed by atoms with Gasteiger partial charge in [-0.1, -0.05) is 17.4 Å². The summed E-state index contributed by atoms with van der Waals surface area (Å²) in [5.41, 5.74) is 5.16. The number of hydrogen-bond donors (Lipinski definition) is 3. The number of rotatable bonds is 10. The number of nitrogens with zero attached hydrogens (tertiary/aromatic N) is 2. The number of ether oxygens (including phenoxy) is 1. The van der Waals surface area contributed by atoms with E-state index in [0.29, 0.717) is 57.1 Å². The Morgan fingerprint density at radius 3 is 2.56 bits per heavy atom. The number of benzene rings is 1. The van der Waals surface area contributed by atoms with E-state index in [1.807, 2.05) is 0 Å². The molecule has 14 heteroatoms. The number of nitrogens with two attached hydrogens (primary N) is 1. The van der Waals surface area contributed by atoms with Gasteiger partial charge in [-0.2, -0.15) is 0 Å². The minimum atomic E-state index is -3.44. The highest BCUT2D eigenvalue weighted by molar-refractivity contribution is 7.89. The van der Waals surface area contributed by atoms with Crippen molar-refractivity contribution in [3.63, 3.8) is 0 Å². The molecule has 1 aromatic heterocycles. The van der Waals surface area contributed by atoms with Gasteiger partial charge in [0.15, 0.2) is 5.13 Å². The van der Waals surface area contributed by atoms with Crippen LogP contribution in [-0.2, 0) is 19.6 Å². The molecule has 0 spiro atoms. The molecule has 0 radical (unpaired) electrons. The fourth-order valence-corrected chi connectivity index (χ4v) is 6.62. The number of ketones is 1. The summed E-state index contributed by atoms with van der Waals surface area (Å²) in [7, 11) is -3.44. The van der Waals surface area contributed by atoms with E-state index in [0.717, 1.165) is 23.5 Å². The third-order valence-corrected chi connectivity index (χ3v) is 9.09. The fraction of sp³-hybridized carbons (Fsp3) is 0.500. The molecule has 2 aliphatic rings. The second kappa shape index (κ2) is 11.2. The second-order valence-corrected chi connectivity index (χ2v) is 11.7. The number of carbonyl (C=O) groups excluding carboxylic acids is 2. The molecule has 3 heterocycles. The average molecular weight is 544 g/mol. The fourth-order valence-electron chi connectivity index (χ4n) is 4.18. The maximum Gasteiger partial charge on any atom is 0.323 e. The summed E-state index contributed by atoms with van der Waals surface area (Å²) < 4.78 is 59.7. The molecular formula is C22H27F2N5O5S2. The van der Waals surface area contributed by atoms with Crippen LogP contribution in [0.2, 0.25) is 0 Å². The van der Waals surface area contributed by atoms with Crippen molar-refractivity contribution in [3.8, 4) is 0 Å². The molecule has 2 aromatic rings. The van der Waals surface area contributed by atoms with Gasteiger partial charge in [-0.05, 0) is 37.9 Å². The lowest BCUT2D eigenvalue weighted by atomic mass is 10.1. The number of cyclic esters (lactones) is 1. The van der Waals surface area contributed by atoms with E-state index in [2.05, 4.69) is 15.6 Å². The Balaban J connectivity index is 1.27. The average Bonchev–Trinajstić information content (AvgIpc) is 3.41. The Morgan fingerprint density at radius 2 is 1.92 bits per heavy atom. The molecule has 4 N–H and O–H groups in total. The quantitative estimate of drug-likeness (QED) is 0.232. The highest BCUT2D eigenvalue weighted by Crippen LogP contribution is 2.30. The van der Waals surface area contributed by atoms with Gasteiger partial charge in [0.1, 0.15) is 28.4 Å². The van der Waals surface area contributed by atoms with Crippen molar-refractivity contribution in [2.45, 2.75) is 37.8 Å². The van der Waals surface area contributed by atoms with E-state index < -0.39 is 33.0 Å². The molecule has 1 aromatic carbocycles. The van der Waals surface area contributed by atoms with E-state index in [1.54, 1.807) is 0 Å². The Labute approximate surface area is 211 Å². The lowest BCUT2D eigenvalue weighted by Crippen LogP contribution is -2.43. The van der Waals surface area contributed by atoms with Gasteiger partial charge in [-0.3, -0.25) is 9.59 Å². The highest BCUT2D eigenvalue weighted by Gasteiger charge is 2.30. The van der Waals surface area contributed by atoms with Crippen molar-refractivity contribution in [2.75, 3.05) is 43.0 Å². The smallest absolute Gasteiger partial charge is 0.323 e. The Kier molecular flexibility index (Phi) is 8.17. The maximum atomic E-state index is 14.0. The van der Waals surface area contributed by atoms with Gasteiger partial charge in [0.2, 0.25) is 15.8 Å². The van der Waals surface area contributed by atoms with Crippen molar-refractivity contribution in [1.82, 2.24) is 14.6 Å². The molecule has 196 valence electrons. The van der Waals surface area contributed by atoms with Gasteiger partial charge in [-0.15, -0.1) is 0 Å². The Hall–Kier alpha value is -2.68. The zero-order chi connectivity index (χ0) is 25.9. The number of esters is 1. The molecule has 0 saturated carbocycles. The predicted molar refractivity (Wildman–Crippen MR) is 130 cm³/mol. The summed E-state index contributed by atoms with van der Waals surface area (Å²) >= 11 is 0.902. The Morgan fingerprint density at radius 1 is 1.22 bits per heavy atom. The zero-order valence-electron chi connectivity index (χ0n) is 19.3. The first-order chi connectivity index (χ1) is 17.2. The molecule has 10 nitrogen and oxygen atoms in total. The van der Waals surface area contributed by atoms with Crippen LogP contribution in [0, 0.1) is 11.6 Å². The van der Waals surface area contributed by atoms with Crippen LogP contribution >= 0.6 is 11.3 Å². The molecular weight excluding hydrogens is 516 g/mol. The monoisotopic (exact) mass is 543 g/mol. The molecule has 2 saturated heterocycles. The molecule has 1 unspecified atom stereocenters. The zero-order valence-corrected chi connectivity index (χ0v) is 21.0. The third kappa shape index (κ3) is 5.99. The summed E-state index contributed by atoms with van der Waals surface area (Å²) in [6, 6.07) is 2.69. The van der Waals surface area contributed by atoms with Gasteiger partial charge in [0, 0.05) is 25.6 Å². The minimum absolute atomic E-state index is 0.0268. The second-order valence-electron chi connectivity index (χ2n) is 8.61. The molecule has 4 rings (SSSR count). The van der Waals surface area contributed by atoms with Crippen LogP contribution in [-0.4, -0.2) is 73.5 Å². The van der Waals surface area contributed by atoms with Crippen molar-refractivity contribution in [3.05, 3.63) is 40.3 Å². The molecule has 0 bridgehead atoms. The standard InChI is InChI=1S/C22H27F2N5O5S2/c23-14-3-1-4-15(24)17(14)18(30)19-20(25)28-22(35-19)27-13-5-9-29(10-6-13)36(32,33)12-2-8-26-16-7-11-34-21(16)31/h1,3-4,13,16,26H,2,5-12,25H2,(H,27,28). The number of piperidine rings is 1. The molecule has 0 aliphatic carbocycles. The van der Waals surface area contributed by atoms with Crippen molar-refractivity contribution < 1.29 is 31.5 Å². The number of anilines is 2. The predicted octanol–water partition coefficient (Wildman–Crippen LogP) is 1.74. The van der Waals surface area contributed by atoms with E-state index in [-0.39, 0.29) is 34.5 Å². The first-order valence-electron chi connectivity index (χ1n) is 11.5. The number of halogens is 2. The van der Waals surface area contributed by atoms with Gasteiger partial charge >= 0.3 is 5.97 Å². The summed E-state index contributed by atoms with van der Waals surface area (Å²) in [5, 5.41) is 6.50. The lowest BCUT2D eigenvalue weighted by molar-refractivity contribution is -0.139. The minimum Gasteiger partial charge on any atom is -0.464 e. The van der Waals surface area contributed by atoms with Crippen LogP contribution in [0.4, 0.5) is 19.7 Å². The number of sulfonamides is 1. The molecule has 0 amide bonds. The highest BCUT2D eigenvalue weighted by atomic mass is 32.2. The largest absolute Gasteiger partial charge is 0.464 e. The van der Waals surface area contributed by atoms with Crippen molar-refractivity contribution in [2.24, 2.45) is 0 Å². The molecule has 1 atom stereocenters. The maximum absolute atomic E-state index is 14.0. The third-order valence-electron chi connectivity index (χ3n) is 6.13. The first kappa shape index (κ1) is 26.4. The number of nitrogens with one attached hydrogen (secondary N) is 2. The van der Waals surface area contributed by atoms with Gasteiger partial charge in [0.25, 0.3) is 0 Å². The summed E-state index contributed by atoms with van der Waals surface area (Å²) in [4.78, 5) is 28.1. The van der Waals surface area contributed by atoms with Crippen molar-refractivity contribution >= 4 is 44.1 Å². The molecule has 36 heavy (non-hydrogen) atoms. The molecule has 2 aliphatic heterocycles. The van der Waals surface area contributed by atoms with Crippen LogP contribution < -0.4 is 16.4 Å². The lowest BCUT2D eigenvalue weighted by Gasteiger charge is -2.31. The summed E-state index contributed by atoms with van der Waals surface area (Å²) in [6.07, 6.45) is 1.99. The van der Waals surface area contributed by atoms with Crippen LogP contribution in [0.5, 0.6) is 0 Å². The topological polar surface area (TPSA) is 144 Å². The number of aromatic nitrogens is 1. The van der Waals surface area contributed by atoms with E-state index in [9.17, 15) is 26.8 Å². The number of carbonyl (C=O) groups is 2. The van der Waals surface area contributed by atoms with Crippen LogP contribution in [0.1, 0.15) is 40.9 Å². The number of hydrogen-bond acceptors (Lipinski definition) is 10. The van der Waals surface area contributed by atoms with E-state index in [1.165, 1.54) is 10.4 Å². The van der Waals surface area contributed by atoms with Crippen LogP contribution in [0.3, 0.4) is 0 Å².